The molecule has 0 aliphatic heterocycles. The van der Waals surface area contributed by atoms with E-state index in [-0.39, 0.29) is 11.8 Å². The molecular formula is C66H50. The zero-order valence-electron chi connectivity index (χ0n) is 37.3. The zero-order valence-corrected chi connectivity index (χ0v) is 37.3. The molecule has 0 heterocycles. The molecule has 2 spiro atoms. The number of aryl methyl sites for hydroxylation is 2. The van der Waals surface area contributed by atoms with Gasteiger partial charge in [-0.05, 0) is 143 Å². The van der Waals surface area contributed by atoms with Gasteiger partial charge in [-0.25, -0.2) is 0 Å². The predicted octanol–water partition coefficient (Wildman–Crippen LogP) is 15.9. The molecule has 314 valence electrons. The first-order valence-electron chi connectivity index (χ1n) is 24.3. The predicted molar refractivity (Wildman–Crippen MR) is 273 cm³/mol. The third-order valence-electron chi connectivity index (χ3n) is 16.7. The van der Waals surface area contributed by atoms with E-state index in [1.54, 1.807) is 0 Å². The highest BCUT2D eigenvalue weighted by atomic mass is 14.6. The van der Waals surface area contributed by atoms with Crippen LogP contribution in [0.25, 0.3) is 33.0 Å². The summed E-state index contributed by atoms with van der Waals surface area (Å²) in [6.07, 6.45) is 11.5. The molecule has 0 amide bonds. The molecule has 0 aromatic heterocycles. The molecule has 66 heavy (non-hydrogen) atoms. The summed E-state index contributed by atoms with van der Waals surface area (Å²) in [5.41, 5.74) is 24.7. The molecule has 0 saturated heterocycles. The average Bonchev–Trinajstić information content (AvgIpc) is 3.98. The monoisotopic (exact) mass is 842 g/mol. The molecule has 5 aliphatic carbocycles. The van der Waals surface area contributed by atoms with Crippen LogP contribution in [0.2, 0.25) is 0 Å². The Morgan fingerprint density at radius 1 is 0.470 bits per heavy atom. The Balaban J connectivity index is 0.938. The highest BCUT2D eigenvalue weighted by Gasteiger charge is 2.60. The Hall–Kier alpha value is -7.28. The number of benzene rings is 9. The van der Waals surface area contributed by atoms with Crippen molar-refractivity contribution in [2.75, 3.05) is 0 Å². The largest absolute Gasteiger partial charge is 0.0836 e. The fraction of sp³-hybridized carbons (Fsp3) is 0.152. The fourth-order valence-electron chi connectivity index (χ4n) is 14.1. The molecule has 5 aliphatic rings. The van der Waals surface area contributed by atoms with E-state index in [2.05, 4.69) is 225 Å². The summed E-state index contributed by atoms with van der Waals surface area (Å²) in [6.45, 7) is 2.50. The van der Waals surface area contributed by atoms with Gasteiger partial charge in [0.15, 0.2) is 0 Å². The lowest BCUT2D eigenvalue weighted by molar-refractivity contribution is 0.602. The number of hydrogen-bond acceptors (Lipinski definition) is 0. The Bertz CT molecular complexity index is 3490. The van der Waals surface area contributed by atoms with Crippen LogP contribution in [0.15, 0.2) is 224 Å². The maximum atomic E-state index is 2.70. The molecule has 0 N–H and O–H groups in total. The topological polar surface area (TPSA) is 0 Å². The van der Waals surface area contributed by atoms with Crippen LogP contribution in [0.3, 0.4) is 0 Å². The van der Waals surface area contributed by atoms with E-state index >= 15 is 0 Å². The summed E-state index contributed by atoms with van der Waals surface area (Å²) in [7, 11) is 0. The second kappa shape index (κ2) is 14.4. The summed E-state index contributed by atoms with van der Waals surface area (Å²) in [4.78, 5) is 0. The Labute approximate surface area is 388 Å². The quantitative estimate of drug-likeness (QED) is 0.156. The third kappa shape index (κ3) is 5.00. The van der Waals surface area contributed by atoms with Crippen LogP contribution >= 0.6 is 0 Å². The average molecular weight is 843 g/mol. The smallest absolute Gasteiger partial charge is 0.0720 e. The van der Waals surface area contributed by atoms with E-state index in [4.69, 9.17) is 0 Å². The normalized spacial score (nSPS) is 19.9. The molecule has 0 nitrogen and oxygen atoms in total. The third-order valence-corrected chi connectivity index (χ3v) is 16.7. The summed E-state index contributed by atoms with van der Waals surface area (Å²) >= 11 is 0. The first-order chi connectivity index (χ1) is 32.7. The summed E-state index contributed by atoms with van der Waals surface area (Å²) in [5.74, 6) is 0.809. The van der Waals surface area contributed by atoms with Crippen molar-refractivity contribution in [3.05, 3.63) is 296 Å². The highest BCUT2D eigenvalue weighted by molar-refractivity contribution is 5.91. The first-order valence-corrected chi connectivity index (χ1v) is 24.3. The van der Waals surface area contributed by atoms with Gasteiger partial charge in [0.1, 0.15) is 0 Å². The van der Waals surface area contributed by atoms with Crippen LogP contribution in [-0.4, -0.2) is 0 Å². The molecule has 14 rings (SSSR count). The highest BCUT2D eigenvalue weighted by Crippen LogP contribution is 2.69. The van der Waals surface area contributed by atoms with E-state index in [9.17, 15) is 0 Å². The van der Waals surface area contributed by atoms with Crippen molar-refractivity contribution in [2.24, 2.45) is 0 Å². The Morgan fingerprint density at radius 2 is 1.09 bits per heavy atom. The van der Waals surface area contributed by atoms with Crippen LogP contribution in [-0.2, 0) is 23.7 Å². The van der Waals surface area contributed by atoms with Gasteiger partial charge in [0.05, 0.1) is 10.8 Å². The number of fused-ring (bicyclic) bond motifs is 20. The van der Waals surface area contributed by atoms with Gasteiger partial charge in [-0.15, -0.1) is 0 Å². The molecule has 0 fully saturated rings. The molecule has 0 saturated carbocycles. The van der Waals surface area contributed by atoms with Crippen molar-refractivity contribution in [3.8, 4) is 22.3 Å². The lowest BCUT2D eigenvalue weighted by Gasteiger charge is -2.50. The zero-order chi connectivity index (χ0) is 43.6. The molecule has 4 atom stereocenters. The van der Waals surface area contributed by atoms with Gasteiger partial charge in [-0.2, -0.15) is 0 Å². The van der Waals surface area contributed by atoms with Gasteiger partial charge in [-0.1, -0.05) is 225 Å². The second-order valence-corrected chi connectivity index (χ2v) is 19.6. The SMILES string of the molecule is CC(c1ccc2c(c1)C1(C3=CC=CCC3c3ccccc31)c1ccccc1C21c2ccccc2-c2ccccc21)C1c2ccccc2-c2cc(CCCc3cccc4ccccc34)ccc21. The van der Waals surface area contributed by atoms with Gasteiger partial charge < -0.3 is 0 Å². The van der Waals surface area contributed by atoms with E-state index in [0.29, 0.717) is 5.92 Å². The van der Waals surface area contributed by atoms with Gasteiger partial charge in [0, 0.05) is 11.8 Å². The lowest BCUT2D eigenvalue weighted by Crippen LogP contribution is -2.44. The standard InChI is InChI=1S/C66H50/c1-42(64-53-29-5-4-24-48(53)55-40-43(36-38-54(55)64)18-16-20-45-22-17-21-44-19-2-3-23-47(44)45)46-37-39-62-63(41-46)66(58-32-12-8-27-51(58)52-28-9-13-33-59(52)66)61-35-15-14-34-60(61)65(62)56-30-10-6-25-49(56)50-26-7-11-31-57(50)65/h2-15,17,19,21-27,29-42,52,64H,16,18,20,28H2,1H3. The first kappa shape index (κ1) is 38.0. The number of rotatable bonds is 6. The van der Waals surface area contributed by atoms with E-state index < -0.39 is 10.8 Å². The molecule has 4 unspecified atom stereocenters. The molecular weight excluding hydrogens is 793 g/mol. The van der Waals surface area contributed by atoms with Crippen molar-refractivity contribution in [1.82, 2.24) is 0 Å². The lowest BCUT2D eigenvalue weighted by atomic mass is 9.51. The molecule has 9 aromatic rings. The van der Waals surface area contributed by atoms with Gasteiger partial charge in [0.2, 0.25) is 0 Å². The van der Waals surface area contributed by atoms with Crippen LogP contribution < -0.4 is 0 Å². The summed E-state index contributed by atoms with van der Waals surface area (Å²) in [6, 6.07) is 77.6. The van der Waals surface area contributed by atoms with Crippen LogP contribution in [0, 0.1) is 0 Å². The minimum Gasteiger partial charge on any atom is -0.0836 e. The van der Waals surface area contributed by atoms with Crippen LogP contribution in [0.4, 0.5) is 0 Å². The van der Waals surface area contributed by atoms with Gasteiger partial charge in [0.25, 0.3) is 0 Å². The van der Waals surface area contributed by atoms with E-state index in [1.165, 1.54) is 111 Å². The number of allylic oxidation sites excluding steroid dienone is 4. The fourth-order valence-corrected chi connectivity index (χ4v) is 14.1. The second-order valence-electron chi connectivity index (χ2n) is 19.6. The van der Waals surface area contributed by atoms with Crippen molar-refractivity contribution in [1.29, 1.82) is 0 Å². The maximum Gasteiger partial charge on any atom is 0.0720 e. The maximum absolute atomic E-state index is 2.70. The van der Waals surface area contributed by atoms with Crippen molar-refractivity contribution < 1.29 is 0 Å². The summed E-state index contributed by atoms with van der Waals surface area (Å²) in [5, 5.41) is 2.71. The van der Waals surface area contributed by atoms with E-state index in [0.717, 1.165) is 25.7 Å². The van der Waals surface area contributed by atoms with Gasteiger partial charge in [-0.3, -0.25) is 0 Å². The van der Waals surface area contributed by atoms with Crippen molar-refractivity contribution in [2.45, 2.75) is 61.2 Å². The van der Waals surface area contributed by atoms with Crippen molar-refractivity contribution >= 4 is 10.8 Å². The van der Waals surface area contributed by atoms with Crippen molar-refractivity contribution in [3.63, 3.8) is 0 Å². The van der Waals surface area contributed by atoms with Crippen LogP contribution in [0.1, 0.15) is 110 Å². The minimum atomic E-state index is -0.458. The molecule has 0 bridgehead atoms. The van der Waals surface area contributed by atoms with Crippen LogP contribution in [0.5, 0.6) is 0 Å². The molecule has 9 aromatic carbocycles. The molecule has 0 radical (unpaired) electrons. The van der Waals surface area contributed by atoms with E-state index in [1.807, 2.05) is 0 Å². The Morgan fingerprint density at radius 3 is 1.89 bits per heavy atom. The Kier molecular flexibility index (Phi) is 8.27. The minimum absolute atomic E-state index is 0.232. The molecule has 0 heteroatoms. The summed E-state index contributed by atoms with van der Waals surface area (Å²) < 4.78 is 0. The van der Waals surface area contributed by atoms with Gasteiger partial charge >= 0.3 is 0 Å². The number of hydrogen-bond donors (Lipinski definition) is 0.